The molecule has 0 fully saturated rings. The minimum absolute atomic E-state index is 0.0346. The fourth-order valence-electron chi connectivity index (χ4n) is 2.16. The Bertz CT molecular complexity index is 591. The third-order valence-electron chi connectivity index (χ3n) is 3.80. The maximum absolute atomic E-state index is 12.1. The van der Waals surface area contributed by atoms with E-state index in [1.165, 1.54) is 0 Å². The minimum Gasteiger partial charge on any atom is -0.463 e. The summed E-state index contributed by atoms with van der Waals surface area (Å²) in [5.74, 6) is 1.76. The Morgan fingerprint density at radius 2 is 1.80 bits per heavy atom. The summed E-state index contributed by atoms with van der Waals surface area (Å²) >= 11 is 0. The summed E-state index contributed by atoms with van der Waals surface area (Å²) in [4.78, 5) is 16.5. The van der Waals surface area contributed by atoms with Crippen LogP contribution in [0.2, 0.25) is 0 Å². The molecule has 7 heteroatoms. The number of aliphatic imine (C=N–C) groups is 1. The number of hydrogen-bond donors (Lipinski definition) is 4. The molecule has 0 saturated carbocycles. The van der Waals surface area contributed by atoms with Gasteiger partial charge in [-0.15, -0.1) is 0 Å². The molecule has 1 heterocycles. The van der Waals surface area contributed by atoms with Crippen LogP contribution in [-0.2, 0) is 10.4 Å². The summed E-state index contributed by atoms with van der Waals surface area (Å²) in [6.45, 7) is 12.9. The fraction of sp³-hybridized carbons (Fsp3) is 0.667. The molecule has 25 heavy (non-hydrogen) atoms. The topological polar surface area (TPSA) is 98.9 Å². The van der Waals surface area contributed by atoms with Gasteiger partial charge in [-0.3, -0.25) is 9.79 Å². The van der Waals surface area contributed by atoms with E-state index in [9.17, 15) is 9.90 Å². The van der Waals surface area contributed by atoms with Gasteiger partial charge in [-0.2, -0.15) is 0 Å². The lowest BCUT2D eigenvalue weighted by atomic mass is 9.92. The van der Waals surface area contributed by atoms with E-state index in [1.807, 2.05) is 40.7 Å². The Hall–Kier alpha value is -2.02. The number of aliphatic hydroxyl groups is 1. The highest BCUT2D eigenvalue weighted by Crippen LogP contribution is 2.22. The molecule has 1 aromatic rings. The minimum atomic E-state index is -1.17. The van der Waals surface area contributed by atoms with Crippen molar-refractivity contribution < 1.29 is 14.3 Å². The SMILES string of the molecule is CCNC(=O)C(C)(C)CN=C(NCC)NCC(C)(O)c1ccc(C)o1. The lowest BCUT2D eigenvalue weighted by Gasteiger charge is -2.24. The van der Waals surface area contributed by atoms with Gasteiger partial charge in [0.1, 0.15) is 17.1 Å². The van der Waals surface area contributed by atoms with Crippen molar-refractivity contribution in [2.45, 2.75) is 47.1 Å². The molecule has 1 aromatic heterocycles. The van der Waals surface area contributed by atoms with Gasteiger partial charge in [-0.1, -0.05) is 0 Å². The zero-order valence-corrected chi connectivity index (χ0v) is 16.2. The van der Waals surface area contributed by atoms with E-state index in [2.05, 4.69) is 20.9 Å². The molecular weight excluding hydrogens is 320 g/mol. The van der Waals surface area contributed by atoms with Gasteiger partial charge in [-0.25, -0.2) is 0 Å². The molecule has 0 saturated heterocycles. The molecule has 1 unspecified atom stereocenters. The van der Waals surface area contributed by atoms with Crippen molar-refractivity contribution in [2.24, 2.45) is 10.4 Å². The third-order valence-corrected chi connectivity index (χ3v) is 3.80. The summed E-state index contributed by atoms with van der Waals surface area (Å²) < 4.78 is 5.51. The summed E-state index contributed by atoms with van der Waals surface area (Å²) in [5.41, 5.74) is -1.78. The lowest BCUT2D eigenvalue weighted by Crippen LogP contribution is -2.45. The standard InChI is InChI=1S/C18H32N4O3/c1-7-19-15(23)17(4,5)11-21-16(20-8-2)22-12-18(6,24)14-10-9-13(3)25-14/h9-10,24H,7-8,11-12H2,1-6H3,(H,19,23)(H2,20,21,22). The number of carbonyl (C=O) groups is 1. The quantitative estimate of drug-likeness (QED) is 0.420. The largest absolute Gasteiger partial charge is 0.463 e. The highest BCUT2D eigenvalue weighted by Gasteiger charge is 2.28. The van der Waals surface area contributed by atoms with E-state index in [0.29, 0.717) is 31.4 Å². The van der Waals surface area contributed by atoms with Crippen LogP contribution in [0.25, 0.3) is 0 Å². The first-order valence-electron chi connectivity index (χ1n) is 8.72. The Balaban J connectivity index is 2.74. The lowest BCUT2D eigenvalue weighted by molar-refractivity contribution is -0.128. The number of amides is 1. The number of hydrogen-bond acceptors (Lipinski definition) is 4. The molecule has 0 spiro atoms. The van der Waals surface area contributed by atoms with Crippen LogP contribution in [0.1, 0.15) is 46.1 Å². The summed E-state index contributed by atoms with van der Waals surface area (Å²) in [7, 11) is 0. The average Bonchev–Trinajstić information content (AvgIpc) is 2.98. The average molecular weight is 352 g/mol. The third kappa shape index (κ3) is 6.42. The van der Waals surface area contributed by atoms with Crippen molar-refractivity contribution in [1.82, 2.24) is 16.0 Å². The van der Waals surface area contributed by atoms with Gasteiger partial charge >= 0.3 is 0 Å². The van der Waals surface area contributed by atoms with Crippen molar-refractivity contribution in [1.29, 1.82) is 0 Å². The Kier molecular flexibility index (Phi) is 7.48. The molecule has 1 amide bonds. The van der Waals surface area contributed by atoms with Crippen LogP contribution in [-0.4, -0.2) is 43.2 Å². The van der Waals surface area contributed by atoms with Gasteiger partial charge in [0.25, 0.3) is 0 Å². The van der Waals surface area contributed by atoms with E-state index in [4.69, 9.17) is 4.42 Å². The maximum atomic E-state index is 12.1. The van der Waals surface area contributed by atoms with Crippen molar-refractivity contribution in [3.63, 3.8) is 0 Å². The molecule has 4 N–H and O–H groups in total. The van der Waals surface area contributed by atoms with E-state index >= 15 is 0 Å². The van der Waals surface area contributed by atoms with Gasteiger partial charge < -0.3 is 25.5 Å². The highest BCUT2D eigenvalue weighted by atomic mass is 16.4. The number of nitrogens with one attached hydrogen (secondary N) is 3. The van der Waals surface area contributed by atoms with Crippen molar-refractivity contribution >= 4 is 11.9 Å². The second kappa shape index (κ2) is 8.89. The van der Waals surface area contributed by atoms with Crippen LogP contribution in [0.3, 0.4) is 0 Å². The predicted molar refractivity (Wildman–Crippen MR) is 99.5 cm³/mol. The van der Waals surface area contributed by atoms with E-state index < -0.39 is 11.0 Å². The molecule has 142 valence electrons. The van der Waals surface area contributed by atoms with Gasteiger partial charge in [0.05, 0.1) is 18.5 Å². The van der Waals surface area contributed by atoms with Gasteiger partial charge in [-0.05, 0) is 53.7 Å². The smallest absolute Gasteiger partial charge is 0.227 e. The number of furan rings is 1. The maximum Gasteiger partial charge on any atom is 0.227 e. The van der Waals surface area contributed by atoms with Crippen LogP contribution >= 0.6 is 0 Å². The van der Waals surface area contributed by atoms with E-state index in [0.717, 1.165) is 5.76 Å². The number of carbonyl (C=O) groups excluding carboxylic acids is 1. The normalized spacial score (nSPS) is 14.8. The molecule has 0 aliphatic heterocycles. The number of nitrogens with zero attached hydrogens (tertiary/aromatic N) is 1. The molecule has 0 aliphatic rings. The zero-order chi connectivity index (χ0) is 19.1. The molecule has 1 atom stereocenters. The first kappa shape index (κ1) is 21.0. The highest BCUT2D eigenvalue weighted by molar-refractivity contribution is 5.83. The molecule has 1 rings (SSSR count). The monoisotopic (exact) mass is 352 g/mol. The van der Waals surface area contributed by atoms with Gasteiger partial charge in [0.15, 0.2) is 5.96 Å². The van der Waals surface area contributed by atoms with Crippen LogP contribution in [0.5, 0.6) is 0 Å². The second-order valence-electron chi connectivity index (χ2n) is 6.98. The van der Waals surface area contributed by atoms with Gasteiger partial charge in [0, 0.05) is 13.1 Å². The van der Waals surface area contributed by atoms with Gasteiger partial charge in [0.2, 0.25) is 5.91 Å². The van der Waals surface area contributed by atoms with Crippen molar-refractivity contribution in [3.05, 3.63) is 23.7 Å². The Morgan fingerprint density at radius 1 is 1.16 bits per heavy atom. The molecule has 7 nitrogen and oxygen atoms in total. The van der Waals surface area contributed by atoms with Crippen molar-refractivity contribution in [3.8, 4) is 0 Å². The molecule has 0 aromatic carbocycles. The summed E-state index contributed by atoms with van der Waals surface area (Å²) in [6, 6.07) is 3.58. The van der Waals surface area contributed by atoms with Crippen LogP contribution in [0, 0.1) is 12.3 Å². The van der Waals surface area contributed by atoms with Crippen molar-refractivity contribution in [2.75, 3.05) is 26.2 Å². The summed E-state index contributed by atoms with van der Waals surface area (Å²) in [6.07, 6.45) is 0. The van der Waals surface area contributed by atoms with Crippen LogP contribution < -0.4 is 16.0 Å². The fourth-order valence-corrected chi connectivity index (χ4v) is 2.16. The molecule has 0 aliphatic carbocycles. The molecule has 0 bridgehead atoms. The number of guanidine groups is 1. The Morgan fingerprint density at radius 3 is 2.32 bits per heavy atom. The van der Waals surface area contributed by atoms with E-state index in [-0.39, 0.29) is 12.5 Å². The summed E-state index contributed by atoms with van der Waals surface area (Å²) in [5, 5.41) is 19.6. The predicted octanol–water partition coefficient (Wildman–Crippen LogP) is 1.51. The molecular formula is C18H32N4O3. The first-order valence-corrected chi connectivity index (χ1v) is 8.72. The molecule has 0 radical (unpaired) electrons. The second-order valence-corrected chi connectivity index (χ2v) is 6.98. The Labute approximate surface area is 150 Å². The van der Waals surface area contributed by atoms with Crippen LogP contribution in [0.4, 0.5) is 0 Å². The van der Waals surface area contributed by atoms with Crippen LogP contribution in [0.15, 0.2) is 21.5 Å². The first-order chi connectivity index (χ1) is 11.6. The number of rotatable bonds is 8. The van der Waals surface area contributed by atoms with E-state index in [1.54, 1.807) is 13.0 Å². The zero-order valence-electron chi connectivity index (χ0n) is 16.2. The number of aryl methyl sites for hydroxylation is 1.